The summed E-state index contributed by atoms with van der Waals surface area (Å²) < 4.78 is 8.15. The average molecular weight is 335 g/mol. The van der Waals surface area contributed by atoms with E-state index in [4.69, 9.17) is 16.0 Å². The maximum absolute atomic E-state index is 6.23. The van der Waals surface area contributed by atoms with Crippen molar-refractivity contribution in [2.45, 2.75) is 12.6 Å². The highest BCUT2D eigenvalue weighted by Crippen LogP contribution is 2.35. The molecule has 0 aliphatic carbocycles. The van der Waals surface area contributed by atoms with E-state index in [-0.39, 0.29) is 6.04 Å². The van der Waals surface area contributed by atoms with Gasteiger partial charge in [0.05, 0.1) is 12.0 Å². The molecule has 3 heterocycles. The zero-order valence-electron chi connectivity index (χ0n) is 12.9. The van der Waals surface area contributed by atoms with Crippen molar-refractivity contribution < 1.29 is 4.42 Å². The van der Waals surface area contributed by atoms with E-state index in [1.165, 1.54) is 5.56 Å². The molecule has 1 atom stereocenters. The van der Waals surface area contributed by atoms with E-state index in [0.29, 0.717) is 0 Å². The minimum Gasteiger partial charge on any atom is -0.466 e. The van der Waals surface area contributed by atoms with Crippen LogP contribution in [-0.2, 0) is 6.54 Å². The van der Waals surface area contributed by atoms with E-state index >= 15 is 0 Å². The number of furan rings is 1. The number of hydrogen-bond donors (Lipinski definition) is 1. The number of nitrogens with zero attached hydrogens (tertiary/aromatic N) is 1. The summed E-state index contributed by atoms with van der Waals surface area (Å²) in [6.45, 7) is 0.758. The summed E-state index contributed by atoms with van der Waals surface area (Å²) in [4.78, 5) is 0. The molecule has 4 heteroatoms. The molecule has 2 aromatic heterocycles. The van der Waals surface area contributed by atoms with Crippen molar-refractivity contribution >= 4 is 22.4 Å². The van der Waals surface area contributed by atoms with Crippen molar-refractivity contribution in [2.24, 2.45) is 0 Å². The molecule has 0 saturated heterocycles. The van der Waals surface area contributed by atoms with Crippen molar-refractivity contribution in [3.63, 3.8) is 0 Å². The Morgan fingerprint density at radius 3 is 2.96 bits per heavy atom. The Morgan fingerprint density at radius 2 is 2.00 bits per heavy atom. The Bertz CT molecular complexity index is 1050. The molecule has 24 heavy (non-hydrogen) atoms. The molecule has 0 amide bonds. The quantitative estimate of drug-likeness (QED) is 0.526. The molecule has 0 saturated carbocycles. The first-order valence-electron chi connectivity index (χ1n) is 7.97. The molecule has 0 spiro atoms. The van der Waals surface area contributed by atoms with E-state index in [1.54, 1.807) is 0 Å². The number of benzene rings is 2. The first kappa shape index (κ1) is 13.9. The lowest BCUT2D eigenvalue weighted by Gasteiger charge is -2.15. The normalized spacial score (nSPS) is 16.6. The van der Waals surface area contributed by atoms with Gasteiger partial charge in [-0.1, -0.05) is 41.9 Å². The first-order chi connectivity index (χ1) is 11.8. The number of nitrogens with one attached hydrogen (secondary N) is 1. The number of halogens is 1. The highest BCUT2D eigenvalue weighted by molar-refractivity contribution is 6.30. The maximum Gasteiger partial charge on any atom is 0.134 e. The van der Waals surface area contributed by atoms with Gasteiger partial charge in [0.2, 0.25) is 0 Å². The molecule has 0 radical (unpaired) electrons. The maximum atomic E-state index is 6.23. The largest absolute Gasteiger partial charge is 0.466 e. The Morgan fingerprint density at radius 1 is 1.08 bits per heavy atom. The van der Waals surface area contributed by atoms with Gasteiger partial charge in [0, 0.05) is 34.2 Å². The Labute approximate surface area is 144 Å². The fourth-order valence-electron chi connectivity index (χ4n) is 3.54. The third kappa shape index (κ3) is 2.02. The SMILES string of the molecule is Clc1ccc2c(c1)-n1cccc1C(c1occ3ccccc13)NC2. The van der Waals surface area contributed by atoms with Gasteiger partial charge >= 0.3 is 0 Å². The van der Waals surface area contributed by atoms with Crippen LogP contribution >= 0.6 is 11.6 Å². The third-order valence-electron chi connectivity index (χ3n) is 4.68. The monoisotopic (exact) mass is 334 g/mol. The molecule has 1 N–H and O–H groups in total. The number of aromatic nitrogens is 1. The zero-order chi connectivity index (χ0) is 16.1. The molecule has 3 nitrogen and oxygen atoms in total. The summed E-state index contributed by atoms with van der Waals surface area (Å²) in [5, 5.41) is 6.65. The molecule has 1 unspecified atom stereocenters. The van der Waals surface area contributed by atoms with Gasteiger partial charge in [0.15, 0.2) is 0 Å². The van der Waals surface area contributed by atoms with Crippen LogP contribution in [0.15, 0.2) is 71.5 Å². The van der Waals surface area contributed by atoms with Gasteiger partial charge in [0.25, 0.3) is 0 Å². The first-order valence-corrected chi connectivity index (χ1v) is 8.34. The molecule has 4 aromatic rings. The van der Waals surface area contributed by atoms with Crippen LogP contribution in [0.2, 0.25) is 5.02 Å². The van der Waals surface area contributed by atoms with Crippen molar-refractivity contribution in [1.82, 2.24) is 9.88 Å². The van der Waals surface area contributed by atoms with Crippen LogP contribution in [0.5, 0.6) is 0 Å². The summed E-state index contributed by atoms with van der Waals surface area (Å²) in [5.41, 5.74) is 3.49. The minimum absolute atomic E-state index is 0.00826. The number of hydrogen-bond acceptors (Lipinski definition) is 2. The Kier molecular flexibility index (Phi) is 3.05. The second-order valence-corrected chi connectivity index (χ2v) is 6.51. The van der Waals surface area contributed by atoms with Crippen LogP contribution in [0.25, 0.3) is 16.5 Å². The summed E-state index contributed by atoms with van der Waals surface area (Å²) >= 11 is 6.23. The van der Waals surface area contributed by atoms with Crippen LogP contribution in [-0.4, -0.2) is 4.57 Å². The van der Waals surface area contributed by atoms with Crippen LogP contribution in [0.3, 0.4) is 0 Å². The Hall–Kier alpha value is -2.49. The molecule has 2 aromatic carbocycles. The summed E-state index contributed by atoms with van der Waals surface area (Å²) in [5.74, 6) is 0.949. The average Bonchev–Trinajstić information content (AvgIpc) is 3.21. The highest BCUT2D eigenvalue weighted by atomic mass is 35.5. The van der Waals surface area contributed by atoms with Crippen molar-refractivity contribution in [3.05, 3.63) is 89.1 Å². The van der Waals surface area contributed by atoms with Gasteiger partial charge in [-0.2, -0.15) is 0 Å². The smallest absolute Gasteiger partial charge is 0.134 e. The van der Waals surface area contributed by atoms with Crippen LogP contribution < -0.4 is 5.32 Å². The molecule has 0 bridgehead atoms. The van der Waals surface area contributed by atoms with Crippen molar-refractivity contribution in [3.8, 4) is 5.69 Å². The van der Waals surface area contributed by atoms with Gasteiger partial charge in [0.1, 0.15) is 11.8 Å². The van der Waals surface area contributed by atoms with Crippen molar-refractivity contribution in [1.29, 1.82) is 0 Å². The fraction of sp³-hybridized carbons (Fsp3) is 0.100. The topological polar surface area (TPSA) is 30.1 Å². The van der Waals surface area contributed by atoms with E-state index in [2.05, 4.69) is 46.4 Å². The van der Waals surface area contributed by atoms with Gasteiger partial charge in [-0.3, -0.25) is 5.32 Å². The lowest BCUT2D eigenvalue weighted by atomic mass is 10.1. The molecule has 0 fully saturated rings. The fourth-order valence-corrected chi connectivity index (χ4v) is 3.71. The number of rotatable bonds is 1. The van der Waals surface area contributed by atoms with Gasteiger partial charge in [-0.15, -0.1) is 0 Å². The van der Waals surface area contributed by atoms with Gasteiger partial charge in [-0.25, -0.2) is 0 Å². The summed E-state index contributed by atoms with van der Waals surface area (Å²) in [7, 11) is 0. The molecular weight excluding hydrogens is 320 g/mol. The lowest BCUT2D eigenvalue weighted by Crippen LogP contribution is -2.20. The molecule has 118 valence electrons. The van der Waals surface area contributed by atoms with E-state index < -0.39 is 0 Å². The van der Waals surface area contributed by atoms with Crippen LogP contribution in [0.1, 0.15) is 23.1 Å². The zero-order valence-corrected chi connectivity index (χ0v) is 13.6. The molecule has 5 rings (SSSR count). The van der Waals surface area contributed by atoms with Gasteiger partial charge < -0.3 is 8.98 Å². The van der Waals surface area contributed by atoms with Crippen LogP contribution in [0, 0.1) is 0 Å². The lowest BCUT2D eigenvalue weighted by molar-refractivity contribution is 0.448. The third-order valence-corrected chi connectivity index (χ3v) is 4.92. The van der Waals surface area contributed by atoms with Gasteiger partial charge in [-0.05, 0) is 29.8 Å². The molecule has 1 aliphatic rings. The molecule has 1 aliphatic heterocycles. The Balaban J connectivity index is 1.71. The van der Waals surface area contributed by atoms with E-state index in [9.17, 15) is 0 Å². The summed E-state index contributed by atoms with van der Waals surface area (Å²) in [6, 6.07) is 18.5. The predicted molar refractivity (Wildman–Crippen MR) is 95.7 cm³/mol. The highest BCUT2D eigenvalue weighted by Gasteiger charge is 2.26. The standard InChI is InChI=1S/C20H15ClN2O/c21-15-8-7-13-11-22-19(17-6-3-9-23(17)18(13)10-15)20-16-5-2-1-4-14(16)12-24-20/h1-10,12,19,22H,11H2. The van der Waals surface area contributed by atoms with Crippen LogP contribution in [0.4, 0.5) is 0 Å². The second kappa shape index (κ2) is 5.26. The van der Waals surface area contributed by atoms with E-state index in [1.807, 2.05) is 30.5 Å². The van der Waals surface area contributed by atoms with Crippen molar-refractivity contribution in [2.75, 3.05) is 0 Å². The summed E-state index contributed by atoms with van der Waals surface area (Å²) in [6.07, 6.45) is 3.91. The predicted octanol–water partition coefficient (Wildman–Crippen LogP) is 5.07. The number of fused-ring (bicyclic) bond motifs is 4. The molecular formula is C20H15ClN2O. The van der Waals surface area contributed by atoms with E-state index in [0.717, 1.165) is 39.5 Å². The minimum atomic E-state index is -0.00826. The second-order valence-electron chi connectivity index (χ2n) is 6.08.